The van der Waals surface area contributed by atoms with E-state index in [0.29, 0.717) is 13.0 Å². The molecule has 2 aromatic heterocycles. The number of hydrogen-bond donors (Lipinski definition) is 1. The van der Waals surface area contributed by atoms with Gasteiger partial charge >= 0.3 is 0 Å². The van der Waals surface area contributed by atoms with E-state index >= 15 is 0 Å². The third-order valence-corrected chi connectivity index (χ3v) is 4.08. The Morgan fingerprint density at radius 1 is 1.42 bits per heavy atom. The van der Waals surface area contributed by atoms with E-state index in [9.17, 15) is 4.79 Å². The van der Waals surface area contributed by atoms with Crippen LogP contribution in [0.5, 0.6) is 5.75 Å². The predicted molar refractivity (Wildman–Crippen MR) is 90.7 cm³/mol. The minimum absolute atomic E-state index is 0.0182. The second kappa shape index (κ2) is 6.74. The van der Waals surface area contributed by atoms with Crippen LogP contribution in [0.15, 0.2) is 36.7 Å². The molecule has 0 saturated carbocycles. The molecule has 1 aromatic carbocycles. The van der Waals surface area contributed by atoms with E-state index in [1.165, 1.54) is 0 Å². The number of amides is 1. The first-order valence-corrected chi connectivity index (χ1v) is 7.83. The van der Waals surface area contributed by atoms with Crippen molar-refractivity contribution in [3.63, 3.8) is 0 Å². The Balaban J connectivity index is 1.64. The van der Waals surface area contributed by atoms with Crippen molar-refractivity contribution in [2.24, 2.45) is 7.05 Å². The number of carbonyl (C=O) groups excluding carboxylic acids is 1. The summed E-state index contributed by atoms with van der Waals surface area (Å²) in [6, 6.07) is 7.62. The molecule has 0 aliphatic rings. The van der Waals surface area contributed by atoms with Crippen LogP contribution in [0.25, 0.3) is 11.0 Å². The molecule has 24 heavy (non-hydrogen) atoms. The molecule has 126 valence electrons. The van der Waals surface area contributed by atoms with Crippen LogP contribution in [0.2, 0.25) is 0 Å². The topological polar surface area (TPSA) is 74.0 Å². The van der Waals surface area contributed by atoms with E-state index in [1.54, 1.807) is 18.0 Å². The molecule has 2 heterocycles. The first-order valence-electron chi connectivity index (χ1n) is 7.83. The molecule has 1 atom stereocenters. The molecule has 0 saturated heterocycles. The largest absolute Gasteiger partial charge is 0.497 e. The number of nitrogens with one attached hydrogen (secondary N) is 1. The van der Waals surface area contributed by atoms with Gasteiger partial charge in [-0.15, -0.1) is 0 Å². The molecule has 0 bridgehead atoms. The third-order valence-electron chi connectivity index (χ3n) is 4.08. The van der Waals surface area contributed by atoms with E-state index in [1.807, 2.05) is 49.0 Å². The van der Waals surface area contributed by atoms with E-state index in [4.69, 9.17) is 4.74 Å². The lowest BCUT2D eigenvalue weighted by molar-refractivity contribution is -0.122. The standard InChI is InChI=1S/C17H21N5O2/c1-12(22-8-4-7-19-22)9-17(23)18-11-16-20-14-10-13(24-3)5-6-15(14)21(16)2/h4-8,10,12H,9,11H2,1-3H3,(H,18,23). The van der Waals surface area contributed by atoms with Crippen LogP contribution in [0.4, 0.5) is 0 Å². The number of benzene rings is 1. The molecule has 1 amide bonds. The molecule has 7 heteroatoms. The Labute approximate surface area is 140 Å². The van der Waals surface area contributed by atoms with Gasteiger partial charge < -0.3 is 14.6 Å². The van der Waals surface area contributed by atoms with Crippen molar-refractivity contribution in [1.82, 2.24) is 24.6 Å². The Morgan fingerprint density at radius 3 is 2.96 bits per heavy atom. The molecule has 3 aromatic rings. The average Bonchev–Trinajstić information content (AvgIpc) is 3.21. The van der Waals surface area contributed by atoms with Crippen molar-refractivity contribution < 1.29 is 9.53 Å². The van der Waals surface area contributed by atoms with Crippen molar-refractivity contribution in [3.05, 3.63) is 42.5 Å². The van der Waals surface area contributed by atoms with E-state index in [-0.39, 0.29) is 11.9 Å². The smallest absolute Gasteiger partial charge is 0.222 e. The van der Waals surface area contributed by atoms with Crippen LogP contribution in [-0.2, 0) is 18.4 Å². The van der Waals surface area contributed by atoms with Gasteiger partial charge in [0.15, 0.2) is 0 Å². The van der Waals surface area contributed by atoms with E-state index in [0.717, 1.165) is 22.6 Å². The van der Waals surface area contributed by atoms with Gasteiger partial charge in [0.1, 0.15) is 11.6 Å². The van der Waals surface area contributed by atoms with Crippen molar-refractivity contribution in [3.8, 4) is 5.75 Å². The molecule has 0 radical (unpaired) electrons. The number of nitrogens with zero attached hydrogens (tertiary/aromatic N) is 4. The lowest BCUT2D eigenvalue weighted by Crippen LogP contribution is -2.26. The fraction of sp³-hybridized carbons (Fsp3) is 0.353. The number of methoxy groups -OCH3 is 1. The zero-order valence-electron chi connectivity index (χ0n) is 14.1. The van der Waals surface area contributed by atoms with Gasteiger partial charge in [0.25, 0.3) is 0 Å². The summed E-state index contributed by atoms with van der Waals surface area (Å²) in [5.41, 5.74) is 1.86. The number of fused-ring (bicyclic) bond motifs is 1. The molecule has 0 fully saturated rings. The zero-order chi connectivity index (χ0) is 17.1. The van der Waals surface area contributed by atoms with Gasteiger partial charge in [-0.3, -0.25) is 9.48 Å². The first kappa shape index (κ1) is 16.0. The Bertz CT molecular complexity index is 838. The first-order chi connectivity index (χ1) is 11.6. The van der Waals surface area contributed by atoms with Crippen molar-refractivity contribution in [1.29, 1.82) is 0 Å². The van der Waals surface area contributed by atoms with Gasteiger partial charge in [-0.25, -0.2) is 4.98 Å². The fourth-order valence-electron chi connectivity index (χ4n) is 2.67. The number of hydrogen-bond acceptors (Lipinski definition) is 4. The highest BCUT2D eigenvalue weighted by molar-refractivity contribution is 5.78. The minimum Gasteiger partial charge on any atom is -0.497 e. The quantitative estimate of drug-likeness (QED) is 0.752. The van der Waals surface area contributed by atoms with Crippen LogP contribution in [0, 0.1) is 0 Å². The van der Waals surface area contributed by atoms with Crippen LogP contribution < -0.4 is 10.1 Å². The van der Waals surface area contributed by atoms with Gasteiger partial charge in [-0.05, 0) is 25.1 Å². The van der Waals surface area contributed by atoms with Crippen LogP contribution in [0.1, 0.15) is 25.2 Å². The summed E-state index contributed by atoms with van der Waals surface area (Å²) in [5, 5.41) is 7.08. The number of imidazole rings is 1. The summed E-state index contributed by atoms with van der Waals surface area (Å²) in [5.74, 6) is 1.55. The molecule has 0 aliphatic heterocycles. The van der Waals surface area contributed by atoms with Gasteiger partial charge in [0.05, 0.1) is 30.7 Å². The monoisotopic (exact) mass is 327 g/mol. The van der Waals surface area contributed by atoms with Crippen molar-refractivity contribution >= 4 is 16.9 Å². The lowest BCUT2D eigenvalue weighted by Gasteiger charge is -2.12. The second-order valence-corrected chi connectivity index (χ2v) is 5.76. The number of aromatic nitrogens is 4. The number of aryl methyl sites for hydroxylation is 1. The van der Waals surface area contributed by atoms with Crippen LogP contribution in [-0.4, -0.2) is 32.3 Å². The summed E-state index contributed by atoms with van der Waals surface area (Å²) in [4.78, 5) is 16.7. The number of ether oxygens (including phenoxy) is 1. The van der Waals surface area contributed by atoms with Crippen molar-refractivity contribution in [2.45, 2.75) is 25.9 Å². The van der Waals surface area contributed by atoms with E-state index in [2.05, 4.69) is 15.4 Å². The van der Waals surface area contributed by atoms with Crippen LogP contribution >= 0.6 is 0 Å². The van der Waals surface area contributed by atoms with E-state index < -0.39 is 0 Å². The summed E-state index contributed by atoms with van der Waals surface area (Å²) in [7, 11) is 3.57. The SMILES string of the molecule is COc1ccc2c(c1)nc(CNC(=O)CC(C)n1cccn1)n2C. The van der Waals surface area contributed by atoms with Gasteiger partial charge in [-0.1, -0.05) is 0 Å². The molecule has 3 rings (SSSR count). The fourth-order valence-corrected chi connectivity index (χ4v) is 2.67. The number of carbonyl (C=O) groups is 1. The third kappa shape index (κ3) is 3.24. The normalized spacial score (nSPS) is 12.3. The summed E-state index contributed by atoms with van der Waals surface area (Å²) >= 11 is 0. The average molecular weight is 327 g/mol. The summed E-state index contributed by atoms with van der Waals surface area (Å²) in [6.45, 7) is 2.35. The highest BCUT2D eigenvalue weighted by atomic mass is 16.5. The Kier molecular flexibility index (Phi) is 4.50. The Morgan fingerprint density at radius 2 is 2.25 bits per heavy atom. The maximum absolute atomic E-state index is 12.1. The molecule has 1 unspecified atom stereocenters. The minimum atomic E-state index is -0.0253. The van der Waals surface area contributed by atoms with Crippen molar-refractivity contribution in [2.75, 3.05) is 7.11 Å². The second-order valence-electron chi connectivity index (χ2n) is 5.76. The lowest BCUT2D eigenvalue weighted by atomic mass is 10.2. The zero-order valence-corrected chi connectivity index (χ0v) is 14.1. The van der Waals surface area contributed by atoms with Gasteiger partial charge in [0, 0.05) is 31.9 Å². The molecule has 1 N–H and O–H groups in total. The molecular weight excluding hydrogens is 306 g/mol. The summed E-state index contributed by atoms with van der Waals surface area (Å²) in [6.07, 6.45) is 3.94. The predicted octanol–water partition coefficient (Wildman–Crippen LogP) is 2.05. The van der Waals surface area contributed by atoms with Crippen LogP contribution in [0.3, 0.4) is 0 Å². The molecular formula is C17H21N5O2. The summed E-state index contributed by atoms with van der Waals surface area (Å²) < 4.78 is 8.98. The van der Waals surface area contributed by atoms with Gasteiger partial charge in [-0.2, -0.15) is 5.10 Å². The molecule has 0 spiro atoms. The number of rotatable bonds is 6. The highest BCUT2D eigenvalue weighted by Gasteiger charge is 2.13. The highest BCUT2D eigenvalue weighted by Crippen LogP contribution is 2.20. The maximum atomic E-state index is 12.1. The molecule has 7 nitrogen and oxygen atoms in total. The van der Waals surface area contributed by atoms with Gasteiger partial charge in [0.2, 0.25) is 5.91 Å². The molecule has 0 aliphatic carbocycles. The Hall–Kier alpha value is -2.83. The maximum Gasteiger partial charge on any atom is 0.222 e.